The average Bonchev–Trinajstić information content (AvgIpc) is 3.01. The highest BCUT2D eigenvalue weighted by Gasteiger charge is 2.23. The van der Waals surface area contributed by atoms with E-state index in [4.69, 9.17) is 4.74 Å². The Labute approximate surface area is 122 Å². The lowest BCUT2D eigenvalue weighted by atomic mass is 9.90. The summed E-state index contributed by atoms with van der Waals surface area (Å²) >= 11 is 0. The molecule has 21 heavy (non-hydrogen) atoms. The summed E-state index contributed by atoms with van der Waals surface area (Å²) in [6.07, 6.45) is 3.51. The normalized spacial score (nSPS) is 16.9. The van der Waals surface area contributed by atoms with E-state index in [0.29, 0.717) is 26.0 Å². The van der Waals surface area contributed by atoms with Crippen LogP contribution in [0.1, 0.15) is 30.1 Å². The van der Waals surface area contributed by atoms with Crippen molar-refractivity contribution >= 4 is 5.91 Å². The van der Waals surface area contributed by atoms with Crippen molar-refractivity contribution in [2.24, 2.45) is 0 Å². The lowest BCUT2D eigenvalue weighted by Crippen LogP contribution is -2.28. The summed E-state index contributed by atoms with van der Waals surface area (Å²) in [5.74, 6) is 1.99. The summed E-state index contributed by atoms with van der Waals surface area (Å²) in [5, 5.41) is 9.48. The average molecular weight is 286 g/mol. The molecule has 1 aromatic heterocycles. The fourth-order valence-corrected chi connectivity index (χ4v) is 2.60. The van der Waals surface area contributed by atoms with Gasteiger partial charge < -0.3 is 10.1 Å². The molecule has 1 unspecified atom stereocenters. The largest absolute Gasteiger partial charge is 0.493 e. The van der Waals surface area contributed by atoms with E-state index in [2.05, 4.69) is 20.5 Å². The van der Waals surface area contributed by atoms with E-state index in [9.17, 15) is 4.79 Å². The van der Waals surface area contributed by atoms with E-state index in [-0.39, 0.29) is 11.8 Å². The van der Waals surface area contributed by atoms with Crippen LogP contribution < -0.4 is 10.1 Å². The highest BCUT2D eigenvalue weighted by molar-refractivity contribution is 5.77. The molecule has 0 saturated carbocycles. The fraction of sp³-hybridized carbons (Fsp3) is 0.400. The number of hydrogen-bond donors (Lipinski definition) is 2. The Balaban J connectivity index is 1.51. The van der Waals surface area contributed by atoms with E-state index in [0.717, 1.165) is 23.6 Å². The first-order valence-corrected chi connectivity index (χ1v) is 7.15. The Morgan fingerprint density at radius 1 is 1.43 bits per heavy atom. The van der Waals surface area contributed by atoms with Crippen LogP contribution in [0.15, 0.2) is 30.6 Å². The van der Waals surface area contributed by atoms with Gasteiger partial charge in [0.1, 0.15) is 17.9 Å². The minimum absolute atomic E-state index is 0.0659. The van der Waals surface area contributed by atoms with Crippen molar-refractivity contribution in [3.63, 3.8) is 0 Å². The molecule has 1 aromatic carbocycles. The van der Waals surface area contributed by atoms with Crippen LogP contribution >= 0.6 is 0 Å². The topological polar surface area (TPSA) is 79.9 Å². The van der Waals surface area contributed by atoms with Crippen LogP contribution in [0.2, 0.25) is 0 Å². The van der Waals surface area contributed by atoms with Crippen LogP contribution in [0.4, 0.5) is 0 Å². The number of nitrogens with one attached hydrogen (secondary N) is 2. The Hall–Kier alpha value is -2.37. The predicted molar refractivity (Wildman–Crippen MR) is 77.0 cm³/mol. The summed E-state index contributed by atoms with van der Waals surface area (Å²) in [7, 11) is 0. The number of hydrogen-bond acceptors (Lipinski definition) is 4. The van der Waals surface area contributed by atoms with E-state index in [1.54, 1.807) is 0 Å². The molecule has 1 amide bonds. The zero-order chi connectivity index (χ0) is 14.5. The number of carbonyl (C=O) groups excluding carboxylic acids is 1. The maximum absolute atomic E-state index is 12.1. The van der Waals surface area contributed by atoms with Gasteiger partial charge in [-0.3, -0.25) is 9.89 Å². The zero-order valence-corrected chi connectivity index (χ0v) is 11.7. The second kappa shape index (κ2) is 6.39. The van der Waals surface area contributed by atoms with Gasteiger partial charge in [0.25, 0.3) is 0 Å². The number of benzene rings is 1. The highest BCUT2D eigenvalue weighted by Crippen LogP contribution is 2.35. The number of nitrogens with zero attached hydrogens (tertiary/aromatic N) is 2. The number of rotatable bonds is 5. The van der Waals surface area contributed by atoms with Gasteiger partial charge in [-0.05, 0) is 24.0 Å². The molecule has 0 saturated heterocycles. The molecule has 0 aliphatic carbocycles. The molecule has 2 aromatic rings. The van der Waals surface area contributed by atoms with Crippen molar-refractivity contribution in [3.05, 3.63) is 42.0 Å². The van der Waals surface area contributed by atoms with Crippen molar-refractivity contribution in [3.8, 4) is 5.75 Å². The first-order valence-electron chi connectivity index (χ1n) is 7.15. The Morgan fingerprint density at radius 2 is 2.33 bits per heavy atom. The molecular formula is C15H18N4O2. The molecule has 0 spiro atoms. The zero-order valence-electron chi connectivity index (χ0n) is 11.7. The molecule has 0 bridgehead atoms. The minimum Gasteiger partial charge on any atom is -0.493 e. The van der Waals surface area contributed by atoms with Gasteiger partial charge >= 0.3 is 0 Å². The smallest absolute Gasteiger partial charge is 0.220 e. The van der Waals surface area contributed by atoms with E-state index in [1.165, 1.54) is 6.33 Å². The standard InChI is InChI=1S/C15H18N4O2/c20-15(16-7-5-14-17-10-18-19-14)9-11-6-8-21-13-4-2-1-3-12(11)13/h1-4,10-11H,5-9H2,(H,16,20)(H,17,18,19). The highest BCUT2D eigenvalue weighted by atomic mass is 16.5. The number of ether oxygens (including phenoxy) is 1. The van der Waals surface area contributed by atoms with Gasteiger partial charge in [0.05, 0.1) is 6.61 Å². The van der Waals surface area contributed by atoms with E-state index in [1.807, 2.05) is 24.3 Å². The predicted octanol–water partition coefficient (Wildman–Crippen LogP) is 1.42. The number of aromatic nitrogens is 3. The molecule has 1 atom stereocenters. The molecule has 0 fully saturated rings. The number of para-hydroxylation sites is 1. The third kappa shape index (κ3) is 3.39. The molecule has 6 nitrogen and oxygen atoms in total. The maximum Gasteiger partial charge on any atom is 0.220 e. The molecule has 1 aliphatic heterocycles. The van der Waals surface area contributed by atoms with Crippen LogP contribution in [0.25, 0.3) is 0 Å². The fourth-order valence-electron chi connectivity index (χ4n) is 2.60. The molecule has 110 valence electrons. The van der Waals surface area contributed by atoms with Crippen LogP contribution in [-0.4, -0.2) is 34.2 Å². The Kier molecular flexibility index (Phi) is 4.14. The number of amides is 1. The van der Waals surface area contributed by atoms with E-state index >= 15 is 0 Å². The number of carbonyl (C=O) groups is 1. The summed E-state index contributed by atoms with van der Waals surface area (Å²) in [4.78, 5) is 16.1. The molecule has 0 radical (unpaired) electrons. The lowest BCUT2D eigenvalue weighted by Gasteiger charge is -2.25. The quantitative estimate of drug-likeness (QED) is 0.871. The van der Waals surface area contributed by atoms with Gasteiger partial charge in [-0.15, -0.1) is 0 Å². The van der Waals surface area contributed by atoms with Gasteiger partial charge in [-0.2, -0.15) is 5.10 Å². The Morgan fingerprint density at radius 3 is 3.19 bits per heavy atom. The van der Waals surface area contributed by atoms with Crippen molar-refractivity contribution in [1.82, 2.24) is 20.5 Å². The third-order valence-corrected chi connectivity index (χ3v) is 3.66. The lowest BCUT2D eigenvalue weighted by molar-refractivity contribution is -0.121. The van der Waals surface area contributed by atoms with Crippen molar-refractivity contribution in [1.29, 1.82) is 0 Å². The van der Waals surface area contributed by atoms with Gasteiger partial charge in [-0.1, -0.05) is 18.2 Å². The SMILES string of the molecule is O=C(CC1CCOc2ccccc21)NCCc1ncn[nH]1. The van der Waals surface area contributed by atoms with Crippen molar-refractivity contribution < 1.29 is 9.53 Å². The minimum atomic E-state index is 0.0659. The first-order chi connectivity index (χ1) is 10.3. The van der Waals surface area contributed by atoms with Gasteiger partial charge in [0.15, 0.2) is 0 Å². The summed E-state index contributed by atoms with van der Waals surface area (Å²) in [5.41, 5.74) is 1.13. The third-order valence-electron chi connectivity index (χ3n) is 3.66. The second-order valence-electron chi connectivity index (χ2n) is 5.11. The van der Waals surface area contributed by atoms with Crippen LogP contribution in [0.5, 0.6) is 5.75 Å². The number of fused-ring (bicyclic) bond motifs is 1. The van der Waals surface area contributed by atoms with Crippen LogP contribution in [0, 0.1) is 0 Å². The molecular weight excluding hydrogens is 268 g/mol. The number of H-pyrrole nitrogens is 1. The summed E-state index contributed by atoms with van der Waals surface area (Å²) in [6, 6.07) is 7.95. The molecule has 2 heterocycles. The second-order valence-corrected chi connectivity index (χ2v) is 5.11. The number of aromatic amines is 1. The molecule has 3 rings (SSSR count). The molecule has 6 heteroatoms. The first kappa shape index (κ1) is 13.6. The monoisotopic (exact) mass is 286 g/mol. The van der Waals surface area contributed by atoms with Crippen LogP contribution in [0.3, 0.4) is 0 Å². The van der Waals surface area contributed by atoms with Crippen molar-refractivity contribution in [2.45, 2.75) is 25.2 Å². The van der Waals surface area contributed by atoms with Gasteiger partial charge in [0.2, 0.25) is 5.91 Å². The van der Waals surface area contributed by atoms with Gasteiger partial charge in [-0.25, -0.2) is 4.98 Å². The van der Waals surface area contributed by atoms with Gasteiger partial charge in [0, 0.05) is 19.4 Å². The van der Waals surface area contributed by atoms with Crippen molar-refractivity contribution in [2.75, 3.05) is 13.2 Å². The Bertz CT molecular complexity index is 597. The molecule has 1 aliphatic rings. The van der Waals surface area contributed by atoms with Crippen LogP contribution in [-0.2, 0) is 11.2 Å². The van der Waals surface area contributed by atoms with E-state index < -0.39 is 0 Å². The molecule has 2 N–H and O–H groups in total. The maximum atomic E-state index is 12.1. The summed E-state index contributed by atoms with van der Waals surface area (Å²) < 4.78 is 5.61. The summed E-state index contributed by atoms with van der Waals surface area (Å²) in [6.45, 7) is 1.24.